The normalized spacial score (nSPS) is 19.4. The van der Waals surface area contributed by atoms with Crippen LogP contribution in [0.4, 0.5) is 0 Å². The van der Waals surface area contributed by atoms with E-state index in [9.17, 15) is 0 Å². The molecule has 0 aliphatic carbocycles. The molecule has 1 unspecified atom stereocenters. The second-order valence-corrected chi connectivity index (χ2v) is 5.54. The molecule has 0 bridgehead atoms. The molecule has 1 atom stereocenters. The lowest BCUT2D eigenvalue weighted by atomic mass is 10.1. The molecule has 0 N–H and O–H groups in total. The van der Waals surface area contributed by atoms with Crippen molar-refractivity contribution < 1.29 is 4.74 Å². The molecule has 1 fully saturated rings. The van der Waals surface area contributed by atoms with Gasteiger partial charge in [-0.15, -0.1) is 11.6 Å². The maximum Gasteiger partial charge on any atom is 0.124 e. The van der Waals surface area contributed by atoms with E-state index in [0.29, 0.717) is 11.8 Å². The first-order valence-electron chi connectivity index (χ1n) is 6.88. The summed E-state index contributed by atoms with van der Waals surface area (Å²) in [5.74, 6) is 2.13. The van der Waals surface area contributed by atoms with Crippen LogP contribution in [0.25, 0.3) is 11.0 Å². The van der Waals surface area contributed by atoms with Crippen molar-refractivity contribution in [2.24, 2.45) is 5.92 Å². The summed E-state index contributed by atoms with van der Waals surface area (Å²) in [4.78, 5) is 4.64. The number of alkyl halides is 1. The quantitative estimate of drug-likeness (QED) is 0.800. The number of para-hydroxylation sites is 1. The van der Waals surface area contributed by atoms with Gasteiger partial charge in [0.1, 0.15) is 5.82 Å². The topological polar surface area (TPSA) is 27.1 Å². The zero-order valence-electron chi connectivity index (χ0n) is 11.2. The minimum absolute atomic E-state index is 0.468. The fourth-order valence-corrected chi connectivity index (χ4v) is 3.08. The number of hydrogen-bond acceptors (Lipinski definition) is 2. The maximum atomic E-state index is 6.04. The van der Waals surface area contributed by atoms with Gasteiger partial charge in [-0.25, -0.2) is 4.98 Å². The van der Waals surface area contributed by atoms with E-state index in [1.54, 1.807) is 0 Å². The Balaban J connectivity index is 1.91. The van der Waals surface area contributed by atoms with Gasteiger partial charge in [0, 0.05) is 19.8 Å². The van der Waals surface area contributed by atoms with Crippen molar-refractivity contribution in [3.63, 3.8) is 0 Å². The summed E-state index contributed by atoms with van der Waals surface area (Å²) < 4.78 is 7.73. The highest BCUT2D eigenvalue weighted by molar-refractivity contribution is 6.16. The minimum atomic E-state index is 0.468. The van der Waals surface area contributed by atoms with Crippen LogP contribution in [0.15, 0.2) is 18.2 Å². The number of halogens is 1. The number of rotatable bonds is 4. The van der Waals surface area contributed by atoms with Crippen molar-refractivity contribution in [2.75, 3.05) is 13.2 Å². The van der Waals surface area contributed by atoms with E-state index in [1.165, 1.54) is 17.5 Å². The third-order valence-corrected chi connectivity index (χ3v) is 4.19. The average molecular weight is 279 g/mol. The van der Waals surface area contributed by atoms with Gasteiger partial charge in [0.05, 0.1) is 16.9 Å². The molecule has 1 aliphatic rings. The Bertz CT molecular complexity index is 573. The number of fused-ring (bicyclic) bond motifs is 1. The van der Waals surface area contributed by atoms with Gasteiger partial charge in [0.2, 0.25) is 0 Å². The van der Waals surface area contributed by atoms with Gasteiger partial charge in [-0.3, -0.25) is 0 Å². The number of imidazole rings is 1. The molecular formula is C15H19ClN2O. The highest BCUT2D eigenvalue weighted by Crippen LogP contribution is 2.24. The first kappa shape index (κ1) is 12.9. The van der Waals surface area contributed by atoms with Gasteiger partial charge in [-0.1, -0.05) is 12.1 Å². The molecule has 1 aromatic heterocycles. The SMILES string of the molecule is Cc1cccc2nc(CCl)n(CCC3CCOC3)c12. The smallest absolute Gasteiger partial charge is 0.124 e. The van der Waals surface area contributed by atoms with E-state index in [0.717, 1.165) is 37.5 Å². The summed E-state index contributed by atoms with van der Waals surface area (Å²) in [6.45, 7) is 4.94. The molecule has 0 radical (unpaired) electrons. The zero-order valence-corrected chi connectivity index (χ0v) is 12.0. The van der Waals surface area contributed by atoms with Gasteiger partial charge < -0.3 is 9.30 Å². The van der Waals surface area contributed by atoms with Crippen LogP contribution < -0.4 is 0 Å². The Morgan fingerprint density at radius 2 is 2.37 bits per heavy atom. The number of aromatic nitrogens is 2. The van der Waals surface area contributed by atoms with Crippen LogP contribution in [0, 0.1) is 12.8 Å². The second kappa shape index (κ2) is 5.51. The number of hydrogen-bond donors (Lipinski definition) is 0. The number of aryl methyl sites for hydroxylation is 2. The van der Waals surface area contributed by atoms with Crippen molar-refractivity contribution in [3.8, 4) is 0 Å². The zero-order chi connectivity index (χ0) is 13.2. The van der Waals surface area contributed by atoms with Crippen LogP contribution in [-0.2, 0) is 17.2 Å². The third kappa shape index (κ3) is 2.49. The van der Waals surface area contributed by atoms with Crippen molar-refractivity contribution >= 4 is 22.6 Å². The molecule has 2 heterocycles. The Kier molecular flexibility index (Phi) is 3.76. The number of ether oxygens (including phenoxy) is 1. The van der Waals surface area contributed by atoms with Crippen molar-refractivity contribution in [3.05, 3.63) is 29.6 Å². The van der Waals surface area contributed by atoms with Crippen LogP contribution in [0.3, 0.4) is 0 Å². The van der Waals surface area contributed by atoms with E-state index in [1.807, 2.05) is 0 Å². The summed E-state index contributed by atoms with van der Waals surface area (Å²) in [6.07, 6.45) is 2.32. The van der Waals surface area contributed by atoms with Crippen LogP contribution in [0.2, 0.25) is 0 Å². The summed E-state index contributed by atoms with van der Waals surface area (Å²) in [5, 5.41) is 0. The second-order valence-electron chi connectivity index (χ2n) is 5.27. The van der Waals surface area contributed by atoms with E-state index in [2.05, 4.69) is 34.7 Å². The molecule has 3 rings (SSSR count). The van der Waals surface area contributed by atoms with Crippen molar-refractivity contribution in [2.45, 2.75) is 32.2 Å². The number of nitrogens with zero attached hydrogens (tertiary/aromatic N) is 2. The van der Waals surface area contributed by atoms with Crippen molar-refractivity contribution in [1.29, 1.82) is 0 Å². The van der Waals surface area contributed by atoms with Crippen LogP contribution in [0.1, 0.15) is 24.2 Å². The molecule has 3 nitrogen and oxygen atoms in total. The molecule has 1 aliphatic heterocycles. The standard InChI is InChI=1S/C15H19ClN2O/c1-11-3-2-4-13-15(11)18(14(9-16)17-13)7-5-12-6-8-19-10-12/h2-4,12H,5-10H2,1H3. The predicted octanol–water partition coefficient (Wildman–Crippen LogP) is 3.51. The predicted molar refractivity (Wildman–Crippen MR) is 77.6 cm³/mol. The van der Waals surface area contributed by atoms with E-state index < -0.39 is 0 Å². The molecule has 1 saturated heterocycles. The molecule has 4 heteroatoms. The molecule has 102 valence electrons. The molecular weight excluding hydrogens is 260 g/mol. The minimum Gasteiger partial charge on any atom is -0.381 e. The summed E-state index contributed by atoms with van der Waals surface area (Å²) in [5.41, 5.74) is 3.56. The molecule has 19 heavy (non-hydrogen) atoms. The highest BCUT2D eigenvalue weighted by atomic mass is 35.5. The van der Waals surface area contributed by atoms with Gasteiger partial charge in [-0.05, 0) is 37.3 Å². The van der Waals surface area contributed by atoms with Gasteiger partial charge >= 0.3 is 0 Å². The first-order valence-corrected chi connectivity index (χ1v) is 7.41. The molecule has 0 spiro atoms. The summed E-state index contributed by atoms with van der Waals surface area (Å²) in [7, 11) is 0. The Hall–Kier alpha value is -1.06. The largest absolute Gasteiger partial charge is 0.381 e. The molecule has 2 aromatic rings. The fraction of sp³-hybridized carbons (Fsp3) is 0.533. The van der Waals surface area contributed by atoms with Gasteiger partial charge in [0.15, 0.2) is 0 Å². The lowest BCUT2D eigenvalue weighted by Gasteiger charge is -2.12. The Morgan fingerprint density at radius 3 is 3.11 bits per heavy atom. The van der Waals surface area contributed by atoms with Crippen molar-refractivity contribution in [1.82, 2.24) is 9.55 Å². The molecule has 0 saturated carbocycles. The Labute approximate surface area is 118 Å². The van der Waals surface area contributed by atoms with Gasteiger partial charge in [-0.2, -0.15) is 0 Å². The average Bonchev–Trinajstić information content (AvgIpc) is 3.03. The highest BCUT2D eigenvalue weighted by Gasteiger charge is 2.17. The van der Waals surface area contributed by atoms with Crippen LogP contribution >= 0.6 is 11.6 Å². The Morgan fingerprint density at radius 1 is 1.47 bits per heavy atom. The van der Waals surface area contributed by atoms with Crippen LogP contribution in [0.5, 0.6) is 0 Å². The molecule has 0 amide bonds. The van der Waals surface area contributed by atoms with E-state index in [4.69, 9.17) is 16.3 Å². The van der Waals surface area contributed by atoms with Crippen LogP contribution in [-0.4, -0.2) is 22.8 Å². The van der Waals surface area contributed by atoms with Gasteiger partial charge in [0.25, 0.3) is 0 Å². The lowest BCUT2D eigenvalue weighted by molar-refractivity contribution is 0.183. The summed E-state index contributed by atoms with van der Waals surface area (Å²) >= 11 is 6.04. The third-order valence-electron chi connectivity index (χ3n) is 3.95. The maximum absolute atomic E-state index is 6.04. The van der Waals surface area contributed by atoms with E-state index >= 15 is 0 Å². The first-order chi connectivity index (χ1) is 9.29. The summed E-state index contributed by atoms with van der Waals surface area (Å²) in [6, 6.07) is 6.25. The van der Waals surface area contributed by atoms with E-state index in [-0.39, 0.29) is 0 Å². The number of benzene rings is 1. The lowest BCUT2D eigenvalue weighted by Crippen LogP contribution is -2.09. The molecule has 1 aromatic carbocycles. The monoisotopic (exact) mass is 278 g/mol. The fourth-order valence-electron chi connectivity index (χ4n) is 2.88.